The maximum Gasteiger partial charge on any atom is 0.251 e. The minimum absolute atomic E-state index is 0.0457. The minimum atomic E-state index is -0.336. The quantitative estimate of drug-likeness (QED) is 0.827. The van der Waals surface area contributed by atoms with Crippen molar-refractivity contribution in [3.63, 3.8) is 0 Å². The highest BCUT2D eigenvalue weighted by molar-refractivity contribution is 5.97. The van der Waals surface area contributed by atoms with Crippen molar-refractivity contribution in [2.75, 3.05) is 20.8 Å². The van der Waals surface area contributed by atoms with Crippen LogP contribution in [0.2, 0.25) is 0 Å². The summed E-state index contributed by atoms with van der Waals surface area (Å²) in [4.78, 5) is 24.5. The summed E-state index contributed by atoms with van der Waals surface area (Å²) in [6, 6.07) is 5.10. The van der Waals surface area contributed by atoms with Crippen LogP contribution in [0.1, 0.15) is 43.5 Å². The first-order chi connectivity index (χ1) is 11.9. The molecule has 25 heavy (non-hydrogen) atoms. The summed E-state index contributed by atoms with van der Waals surface area (Å²) in [6.07, 6.45) is 3.34. The highest BCUT2D eigenvalue weighted by atomic mass is 16.5. The number of carbonyl (C=O) groups is 2. The van der Waals surface area contributed by atoms with Gasteiger partial charge in [-0.25, -0.2) is 0 Å². The summed E-state index contributed by atoms with van der Waals surface area (Å²) in [5, 5.41) is 5.70. The monoisotopic (exact) mass is 348 g/mol. The van der Waals surface area contributed by atoms with Gasteiger partial charge in [0, 0.05) is 17.7 Å². The molecule has 1 aromatic rings. The smallest absolute Gasteiger partial charge is 0.251 e. The highest BCUT2D eigenvalue weighted by Crippen LogP contribution is 2.29. The van der Waals surface area contributed by atoms with Gasteiger partial charge in [-0.3, -0.25) is 9.59 Å². The fourth-order valence-corrected chi connectivity index (χ4v) is 3.24. The number of hydrogen-bond acceptors (Lipinski definition) is 4. The Balaban J connectivity index is 1.90. The normalized spacial score (nSPS) is 22.8. The van der Waals surface area contributed by atoms with Crippen molar-refractivity contribution >= 4 is 11.8 Å². The number of ether oxygens (including phenoxy) is 2. The molecule has 0 aliphatic heterocycles. The zero-order chi connectivity index (χ0) is 18.4. The first kappa shape index (κ1) is 19.1. The standard InChI is InChI=1S/C19H28N2O4/c1-12-6-5-7-17(13(12)2)21-18(22)11-20-19(23)14-8-15(24-3)10-16(9-14)25-4/h8-10,12-13,17H,5-7,11H2,1-4H3,(H,20,23)(H,21,22)/t12-,13-,17-/m1/s1. The van der Waals surface area contributed by atoms with E-state index in [0.29, 0.717) is 28.9 Å². The molecule has 6 heteroatoms. The van der Waals surface area contributed by atoms with Crippen LogP contribution in [-0.2, 0) is 4.79 Å². The summed E-state index contributed by atoms with van der Waals surface area (Å²) in [7, 11) is 3.05. The predicted octanol–water partition coefficient (Wildman–Crippen LogP) is 2.37. The maximum absolute atomic E-state index is 12.3. The van der Waals surface area contributed by atoms with Crippen LogP contribution >= 0.6 is 0 Å². The van der Waals surface area contributed by atoms with Gasteiger partial charge in [0.15, 0.2) is 0 Å². The van der Waals surface area contributed by atoms with E-state index >= 15 is 0 Å². The van der Waals surface area contributed by atoms with Gasteiger partial charge in [-0.2, -0.15) is 0 Å². The lowest BCUT2D eigenvalue weighted by Gasteiger charge is -2.34. The summed E-state index contributed by atoms with van der Waals surface area (Å²) in [6.45, 7) is 4.35. The largest absolute Gasteiger partial charge is 0.497 e. The second-order valence-corrected chi connectivity index (χ2v) is 6.73. The molecule has 6 nitrogen and oxygen atoms in total. The Morgan fingerprint density at radius 2 is 1.72 bits per heavy atom. The zero-order valence-corrected chi connectivity index (χ0v) is 15.4. The summed E-state index contributed by atoms with van der Waals surface area (Å²) in [5.41, 5.74) is 0.392. The van der Waals surface area contributed by atoms with E-state index in [0.717, 1.165) is 12.8 Å². The lowest BCUT2D eigenvalue weighted by Crippen LogP contribution is -2.47. The average molecular weight is 348 g/mol. The number of nitrogens with one attached hydrogen (secondary N) is 2. The molecule has 3 atom stereocenters. The van der Waals surface area contributed by atoms with E-state index in [4.69, 9.17) is 9.47 Å². The summed E-state index contributed by atoms with van der Waals surface area (Å²) >= 11 is 0. The van der Waals surface area contributed by atoms with Gasteiger partial charge < -0.3 is 20.1 Å². The molecular formula is C19H28N2O4. The van der Waals surface area contributed by atoms with Gasteiger partial charge in [0.1, 0.15) is 11.5 Å². The maximum atomic E-state index is 12.3. The van der Waals surface area contributed by atoms with E-state index in [-0.39, 0.29) is 24.4 Å². The van der Waals surface area contributed by atoms with Gasteiger partial charge >= 0.3 is 0 Å². The van der Waals surface area contributed by atoms with Crippen molar-refractivity contribution in [2.24, 2.45) is 11.8 Å². The van der Waals surface area contributed by atoms with E-state index in [9.17, 15) is 9.59 Å². The molecule has 2 rings (SSSR count). The van der Waals surface area contributed by atoms with Gasteiger partial charge in [0.05, 0.1) is 20.8 Å². The molecular weight excluding hydrogens is 320 g/mol. The van der Waals surface area contributed by atoms with Gasteiger partial charge in [-0.05, 0) is 30.4 Å². The number of carbonyl (C=O) groups excluding carboxylic acids is 2. The minimum Gasteiger partial charge on any atom is -0.497 e. The predicted molar refractivity (Wildman–Crippen MR) is 96.0 cm³/mol. The summed E-state index contributed by atoms with van der Waals surface area (Å²) in [5.74, 6) is 1.62. The van der Waals surface area contributed by atoms with E-state index in [1.165, 1.54) is 20.6 Å². The summed E-state index contributed by atoms with van der Waals surface area (Å²) < 4.78 is 10.3. The molecule has 0 radical (unpaired) electrons. The number of hydrogen-bond donors (Lipinski definition) is 2. The number of amides is 2. The van der Waals surface area contributed by atoms with Crippen LogP contribution in [0, 0.1) is 11.8 Å². The SMILES string of the molecule is COc1cc(OC)cc(C(=O)NCC(=O)N[C@@H]2CCC[C@@H](C)[C@H]2C)c1. The van der Waals surface area contributed by atoms with Gasteiger partial charge in [0.2, 0.25) is 5.91 Å². The fourth-order valence-electron chi connectivity index (χ4n) is 3.24. The van der Waals surface area contributed by atoms with E-state index < -0.39 is 0 Å². The Kier molecular flexibility index (Phi) is 6.67. The van der Waals surface area contributed by atoms with E-state index in [1.807, 2.05) is 0 Å². The van der Waals surface area contributed by atoms with Crippen LogP contribution in [0.5, 0.6) is 11.5 Å². The molecule has 2 N–H and O–H groups in total. The highest BCUT2D eigenvalue weighted by Gasteiger charge is 2.28. The van der Waals surface area contributed by atoms with E-state index in [1.54, 1.807) is 18.2 Å². The lowest BCUT2D eigenvalue weighted by molar-refractivity contribution is -0.121. The van der Waals surface area contributed by atoms with Crippen LogP contribution < -0.4 is 20.1 Å². The molecule has 1 aromatic carbocycles. The topological polar surface area (TPSA) is 76.7 Å². The third-order valence-electron chi connectivity index (χ3n) is 5.08. The van der Waals surface area contributed by atoms with Gasteiger partial charge in [-0.1, -0.05) is 26.7 Å². The molecule has 2 amide bonds. The Hall–Kier alpha value is -2.24. The first-order valence-electron chi connectivity index (χ1n) is 8.75. The number of methoxy groups -OCH3 is 2. The van der Waals surface area contributed by atoms with Crippen LogP contribution in [0.25, 0.3) is 0 Å². The first-order valence-corrected chi connectivity index (χ1v) is 8.75. The van der Waals surface area contributed by atoms with Crippen LogP contribution in [0.3, 0.4) is 0 Å². The van der Waals surface area contributed by atoms with Crippen LogP contribution in [-0.4, -0.2) is 38.6 Å². The van der Waals surface area contributed by atoms with Crippen molar-refractivity contribution in [3.05, 3.63) is 23.8 Å². The molecule has 1 aliphatic carbocycles. The Morgan fingerprint density at radius 1 is 1.08 bits per heavy atom. The number of benzene rings is 1. The van der Waals surface area contributed by atoms with Crippen molar-refractivity contribution in [3.8, 4) is 11.5 Å². The second-order valence-electron chi connectivity index (χ2n) is 6.73. The van der Waals surface area contributed by atoms with Crippen molar-refractivity contribution < 1.29 is 19.1 Å². The molecule has 1 aliphatic rings. The molecule has 0 heterocycles. The molecule has 1 saturated carbocycles. The Bertz CT molecular complexity index is 595. The van der Waals surface area contributed by atoms with Gasteiger partial charge in [-0.15, -0.1) is 0 Å². The fraction of sp³-hybridized carbons (Fsp3) is 0.579. The van der Waals surface area contributed by atoms with Crippen LogP contribution in [0.15, 0.2) is 18.2 Å². The molecule has 138 valence electrons. The third kappa shape index (κ3) is 5.11. The molecule has 0 unspecified atom stereocenters. The molecule has 0 aromatic heterocycles. The Morgan fingerprint density at radius 3 is 2.32 bits per heavy atom. The lowest BCUT2D eigenvalue weighted by atomic mass is 9.78. The van der Waals surface area contributed by atoms with E-state index in [2.05, 4.69) is 24.5 Å². The zero-order valence-electron chi connectivity index (χ0n) is 15.4. The van der Waals surface area contributed by atoms with Crippen LogP contribution in [0.4, 0.5) is 0 Å². The van der Waals surface area contributed by atoms with Gasteiger partial charge in [0.25, 0.3) is 5.91 Å². The second kappa shape index (κ2) is 8.74. The molecule has 1 fully saturated rings. The molecule has 0 saturated heterocycles. The number of rotatable bonds is 6. The molecule has 0 bridgehead atoms. The van der Waals surface area contributed by atoms with Crippen molar-refractivity contribution in [1.29, 1.82) is 0 Å². The third-order valence-corrected chi connectivity index (χ3v) is 5.08. The Labute approximate surface area is 149 Å². The average Bonchev–Trinajstić information content (AvgIpc) is 2.63. The molecule has 0 spiro atoms. The van der Waals surface area contributed by atoms with Crippen molar-refractivity contribution in [1.82, 2.24) is 10.6 Å². The van der Waals surface area contributed by atoms with Crippen molar-refractivity contribution in [2.45, 2.75) is 39.2 Å².